The van der Waals surface area contributed by atoms with Gasteiger partial charge in [0.25, 0.3) is 0 Å². The summed E-state index contributed by atoms with van der Waals surface area (Å²) in [4.78, 5) is 3.23. The quantitative estimate of drug-likeness (QED) is 0.711. The summed E-state index contributed by atoms with van der Waals surface area (Å²) in [6.07, 6.45) is 0.985. The van der Waals surface area contributed by atoms with Crippen LogP contribution in [0.1, 0.15) is 6.42 Å². The molecular weight excluding hydrogens is 192 g/mol. The van der Waals surface area contributed by atoms with Gasteiger partial charge in [0.2, 0.25) is 0 Å². The Labute approximate surface area is 89.6 Å². The Morgan fingerprint density at radius 1 is 1.36 bits per heavy atom. The molecule has 0 N–H and O–H groups in total. The van der Waals surface area contributed by atoms with Gasteiger partial charge in [-0.15, -0.1) is 12.6 Å². The second-order valence-corrected chi connectivity index (χ2v) is 4.09. The van der Waals surface area contributed by atoms with E-state index in [-0.39, 0.29) is 5.92 Å². The lowest BCUT2D eigenvalue weighted by atomic mass is 10.1. The highest BCUT2D eigenvalue weighted by molar-refractivity contribution is 7.80. The molecule has 1 aliphatic rings. The molecule has 1 aliphatic heterocycles. The van der Waals surface area contributed by atoms with Gasteiger partial charge in [0.15, 0.2) is 0 Å². The highest BCUT2D eigenvalue weighted by Crippen LogP contribution is 2.24. The van der Waals surface area contributed by atoms with Crippen molar-refractivity contribution in [1.82, 2.24) is 0 Å². The van der Waals surface area contributed by atoms with Crippen LogP contribution in [0.25, 0.3) is 0 Å². The second kappa shape index (κ2) is 3.93. The van der Waals surface area contributed by atoms with Crippen molar-refractivity contribution in [2.75, 3.05) is 18.0 Å². The van der Waals surface area contributed by atoms with Gasteiger partial charge in [-0.1, -0.05) is 0 Å². The van der Waals surface area contributed by atoms with Crippen LogP contribution in [0.4, 0.5) is 5.69 Å². The Morgan fingerprint density at radius 2 is 2.07 bits per heavy atom. The monoisotopic (exact) mass is 204 g/mol. The molecule has 2 nitrogen and oxygen atoms in total. The van der Waals surface area contributed by atoms with Gasteiger partial charge in [-0.05, 0) is 30.7 Å². The normalized spacial score (nSPS) is 20.9. The van der Waals surface area contributed by atoms with Crippen LogP contribution in [0.15, 0.2) is 29.2 Å². The second-order valence-electron chi connectivity index (χ2n) is 3.58. The summed E-state index contributed by atoms with van der Waals surface area (Å²) < 4.78 is 0. The van der Waals surface area contributed by atoms with Crippen molar-refractivity contribution in [2.45, 2.75) is 11.3 Å². The first kappa shape index (κ1) is 9.42. The number of rotatable bonds is 1. The summed E-state index contributed by atoms with van der Waals surface area (Å²) >= 11 is 4.24. The molecule has 0 spiro atoms. The van der Waals surface area contributed by atoms with E-state index in [9.17, 15) is 0 Å². The molecule has 1 aromatic carbocycles. The molecule has 72 valence electrons. The average molecular weight is 204 g/mol. The van der Waals surface area contributed by atoms with Crippen molar-refractivity contribution in [3.8, 4) is 6.07 Å². The van der Waals surface area contributed by atoms with Gasteiger partial charge in [0, 0.05) is 23.7 Å². The molecule has 1 atom stereocenters. The van der Waals surface area contributed by atoms with E-state index in [4.69, 9.17) is 5.26 Å². The summed E-state index contributed by atoms with van der Waals surface area (Å²) in [6.45, 7) is 1.85. The topological polar surface area (TPSA) is 27.0 Å². The maximum absolute atomic E-state index is 8.79. The van der Waals surface area contributed by atoms with Crippen LogP contribution in [0, 0.1) is 17.2 Å². The highest BCUT2D eigenvalue weighted by atomic mass is 32.1. The van der Waals surface area contributed by atoms with Gasteiger partial charge in [-0.25, -0.2) is 0 Å². The third-order valence-corrected chi connectivity index (χ3v) is 2.88. The lowest BCUT2D eigenvalue weighted by Gasteiger charge is -2.17. The molecule has 14 heavy (non-hydrogen) atoms. The van der Waals surface area contributed by atoms with Crippen LogP contribution in [-0.4, -0.2) is 13.1 Å². The maximum atomic E-state index is 8.79. The van der Waals surface area contributed by atoms with Gasteiger partial charge in [0.05, 0.1) is 12.0 Å². The molecule has 0 amide bonds. The van der Waals surface area contributed by atoms with Crippen LogP contribution in [-0.2, 0) is 0 Å². The number of thiol groups is 1. The Balaban J connectivity index is 2.10. The van der Waals surface area contributed by atoms with Gasteiger partial charge >= 0.3 is 0 Å². The largest absolute Gasteiger partial charge is 0.370 e. The van der Waals surface area contributed by atoms with E-state index < -0.39 is 0 Å². The minimum Gasteiger partial charge on any atom is -0.370 e. The van der Waals surface area contributed by atoms with Crippen LogP contribution in [0.5, 0.6) is 0 Å². The molecular formula is C11H12N2S. The Kier molecular flexibility index (Phi) is 2.64. The molecule has 1 heterocycles. The summed E-state index contributed by atoms with van der Waals surface area (Å²) in [5, 5.41) is 8.79. The molecule has 1 fully saturated rings. The predicted molar refractivity (Wildman–Crippen MR) is 59.6 cm³/mol. The van der Waals surface area contributed by atoms with E-state index in [1.54, 1.807) is 0 Å². The molecule has 0 radical (unpaired) electrons. The van der Waals surface area contributed by atoms with Gasteiger partial charge in [-0.3, -0.25) is 0 Å². The van der Waals surface area contributed by atoms with E-state index >= 15 is 0 Å². The van der Waals surface area contributed by atoms with Gasteiger partial charge < -0.3 is 4.90 Å². The predicted octanol–water partition coefficient (Wildman–Crippen LogP) is 2.33. The van der Waals surface area contributed by atoms with Crippen LogP contribution >= 0.6 is 12.6 Å². The summed E-state index contributed by atoms with van der Waals surface area (Å²) in [7, 11) is 0. The first-order valence-corrected chi connectivity index (χ1v) is 5.18. The van der Waals surface area contributed by atoms with Gasteiger partial charge in [0.1, 0.15) is 0 Å². The maximum Gasteiger partial charge on any atom is 0.0675 e. The number of benzene rings is 1. The van der Waals surface area contributed by atoms with E-state index in [1.807, 2.05) is 12.1 Å². The molecule has 0 bridgehead atoms. The Bertz CT molecular complexity index is 353. The minimum atomic E-state index is 0.200. The number of hydrogen-bond acceptors (Lipinski definition) is 3. The minimum absolute atomic E-state index is 0.200. The summed E-state index contributed by atoms with van der Waals surface area (Å²) in [5.41, 5.74) is 1.19. The number of hydrogen-bond donors (Lipinski definition) is 1. The third kappa shape index (κ3) is 1.85. The van der Waals surface area contributed by atoms with E-state index in [0.717, 1.165) is 24.4 Å². The molecule has 2 rings (SSSR count). The lowest BCUT2D eigenvalue weighted by molar-refractivity contribution is 0.755. The molecule has 1 aromatic rings. The number of nitrogens with zero attached hydrogens (tertiary/aromatic N) is 2. The van der Waals surface area contributed by atoms with Crippen molar-refractivity contribution >= 4 is 18.3 Å². The lowest BCUT2D eigenvalue weighted by Crippen LogP contribution is -2.18. The number of nitriles is 1. The van der Waals surface area contributed by atoms with Crippen molar-refractivity contribution in [1.29, 1.82) is 5.26 Å². The van der Waals surface area contributed by atoms with Crippen LogP contribution in [0.2, 0.25) is 0 Å². The zero-order valence-electron chi connectivity index (χ0n) is 7.85. The van der Waals surface area contributed by atoms with Crippen molar-refractivity contribution < 1.29 is 0 Å². The van der Waals surface area contributed by atoms with E-state index in [1.165, 1.54) is 5.69 Å². The highest BCUT2D eigenvalue weighted by Gasteiger charge is 2.21. The summed E-state index contributed by atoms with van der Waals surface area (Å²) in [5.74, 6) is 0.200. The molecule has 3 heteroatoms. The zero-order valence-corrected chi connectivity index (χ0v) is 8.74. The van der Waals surface area contributed by atoms with Crippen molar-refractivity contribution in [3.05, 3.63) is 24.3 Å². The Morgan fingerprint density at radius 3 is 2.64 bits per heavy atom. The van der Waals surface area contributed by atoms with Crippen molar-refractivity contribution in [3.63, 3.8) is 0 Å². The first-order valence-electron chi connectivity index (χ1n) is 4.73. The summed E-state index contributed by atoms with van der Waals surface area (Å²) in [6, 6.07) is 10.4. The number of anilines is 1. The fourth-order valence-corrected chi connectivity index (χ4v) is 1.91. The molecule has 0 saturated carbocycles. The standard InChI is InChI=1S/C11H12N2S/c12-7-9-5-6-13(8-9)10-1-3-11(14)4-2-10/h1-4,9,14H,5-6,8H2. The molecule has 0 aromatic heterocycles. The van der Waals surface area contributed by atoms with E-state index in [2.05, 4.69) is 35.7 Å². The average Bonchev–Trinajstić information content (AvgIpc) is 2.67. The Hall–Kier alpha value is -1.14. The van der Waals surface area contributed by atoms with Crippen molar-refractivity contribution in [2.24, 2.45) is 5.92 Å². The SMILES string of the molecule is N#CC1CCN(c2ccc(S)cc2)C1. The van der Waals surface area contributed by atoms with E-state index in [0.29, 0.717) is 0 Å². The fraction of sp³-hybridized carbons (Fsp3) is 0.364. The third-order valence-electron chi connectivity index (χ3n) is 2.59. The fourth-order valence-electron chi connectivity index (χ4n) is 1.76. The molecule has 0 aliphatic carbocycles. The van der Waals surface area contributed by atoms with Crippen LogP contribution in [0.3, 0.4) is 0 Å². The van der Waals surface area contributed by atoms with Gasteiger partial charge in [-0.2, -0.15) is 5.26 Å². The molecule has 1 saturated heterocycles. The molecule has 1 unspecified atom stereocenters. The smallest absolute Gasteiger partial charge is 0.0675 e. The zero-order chi connectivity index (χ0) is 9.97. The van der Waals surface area contributed by atoms with Crippen LogP contribution < -0.4 is 4.90 Å². The first-order chi connectivity index (χ1) is 6.79.